The van der Waals surface area contributed by atoms with E-state index in [-0.39, 0.29) is 13.2 Å². The van der Waals surface area contributed by atoms with Crippen molar-refractivity contribution in [2.75, 3.05) is 83.9 Å². The number of aryl methyl sites for hydroxylation is 1. The number of alkyl halides is 3. The molecule has 0 amide bonds. The van der Waals surface area contributed by atoms with Crippen molar-refractivity contribution in [3.63, 3.8) is 0 Å². The lowest BCUT2D eigenvalue weighted by molar-refractivity contribution is -0.137. The Bertz CT molecular complexity index is 1840. The Kier molecular flexibility index (Phi) is 19.2. The van der Waals surface area contributed by atoms with Gasteiger partial charge in [-0.15, -0.1) is 0 Å². The fourth-order valence-corrected chi connectivity index (χ4v) is 7.47. The molecule has 1 aliphatic rings. The fraction of sp³-hybridized carbons (Fsp3) is 0.479. The highest BCUT2D eigenvalue weighted by Crippen LogP contribution is 2.37. The summed E-state index contributed by atoms with van der Waals surface area (Å²) in [5.41, 5.74) is 8.13. The van der Waals surface area contributed by atoms with Gasteiger partial charge in [-0.05, 0) is 116 Å². The standard InChI is InChI=1S/C48H62F3N3O5/c1-38(53(23-25-55)24-26-56)19-30-59-32-31-58-28-7-3-6-27-57-29-10-13-39-11-8-14-42(34-39)45-17-16-44(54-21-4-2-5-22-54)37-46(45)47-36-41(18-20-52-47)33-40-12-9-15-43(35-40)48(49,50)51/h8-9,11-12,14-18,20,34-37,55-56H,1-7,10,13,19,21-33H2. The number of hydrogen-bond donors (Lipinski definition) is 2. The van der Waals surface area contributed by atoms with Crippen molar-refractivity contribution < 1.29 is 37.6 Å². The smallest absolute Gasteiger partial charge is 0.395 e. The van der Waals surface area contributed by atoms with E-state index in [4.69, 9.17) is 29.4 Å². The van der Waals surface area contributed by atoms with E-state index in [1.807, 2.05) is 17.0 Å². The van der Waals surface area contributed by atoms with Gasteiger partial charge in [0.1, 0.15) is 0 Å². The first kappa shape index (κ1) is 45.8. The molecule has 3 aromatic carbocycles. The Morgan fingerprint density at radius 3 is 2.12 bits per heavy atom. The van der Waals surface area contributed by atoms with Crippen LogP contribution in [0.1, 0.15) is 73.6 Å². The van der Waals surface area contributed by atoms with Gasteiger partial charge in [0.05, 0.1) is 44.3 Å². The first-order valence-corrected chi connectivity index (χ1v) is 21.2. The molecule has 1 aliphatic heterocycles. The van der Waals surface area contributed by atoms with Crippen LogP contribution in [0.15, 0.2) is 97.3 Å². The lowest BCUT2D eigenvalue weighted by atomic mass is 9.93. The number of nitrogens with zero attached hydrogens (tertiary/aromatic N) is 3. The molecule has 0 spiro atoms. The van der Waals surface area contributed by atoms with Gasteiger partial charge >= 0.3 is 6.18 Å². The van der Waals surface area contributed by atoms with Crippen molar-refractivity contribution in [2.24, 2.45) is 0 Å². The summed E-state index contributed by atoms with van der Waals surface area (Å²) in [6.45, 7) is 10.7. The van der Waals surface area contributed by atoms with Crippen molar-refractivity contribution in [3.05, 3.63) is 120 Å². The van der Waals surface area contributed by atoms with Crippen LogP contribution in [0.5, 0.6) is 0 Å². The van der Waals surface area contributed by atoms with Crippen LogP contribution >= 0.6 is 0 Å². The second-order valence-electron chi connectivity index (χ2n) is 15.2. The van der Waals surface area contributed by atoms with Gasteiger partial charge in [-0.3, -0.25) is 4.98 Å². The number of pyridine rings is 1. The zero-order valence-electron chi connectivity index (χ0n) is 34.4. The number of unbranched alkanes of at least 4 members (excludes halogenated alkanes) is 2. The van der Waals surface area contributed by atoms with Crippen LogP contribution in [-0.4, -0.2) is 99.1 Å². The SMILES string of the molecule is C=C(CCOCCOCCCCCOCCCc1cccc(-c2ccc(N3CCCCC3)cc2-c2cc(Cc3cccc(C(F)(F)F)c3)ccn2)c1)N(CCO)CCO. The van der Waals surface area contributed by atoms with Crippen LogP contribution in [0, 0.1) is 0 Å². The van der Waals surface area contributed by atoms with E-state index in [0.717, 1.165) is 97.2 Å². The molecule has 1 fully saturated rings. The normalized spacial score (nSPS) is 13.2. The van der Waals surface area contributed by atoms with Gasteiger partial charge in [0, 0.05) is 75.6 Å². The molecule has 1 saturated heterocycles. The number of benzene rings is 3. The number of anilines is 1. The maximum Gasteiger partial charge on any atom is 0.416 e. The van der Waals surface area contributed by atoms with Gasteiger partial charge in [0.2, 0.25) is 0 Å². The van der Waals surface area contributed by atoms with Crippen LogP contribution in [-0.2, 0) is 33.2 Å². The number of halogens is 3. The maximum absolute atomic E-state index is 13.4. The molecule has 2 N–H and O–H groups in total. The Hall–Kier alpha value is -4.26. The highest BCUT2D eigenvalue weighted by molar-refractivity contribution is 5.85. The van der Waals surface area contributed by atoms with Crippen LogP contribution in [0.3, 0.4) is 0 Å². The third kappa shape index (κ3) is 15.4. The van der Waals surface area contributed by atoms with E-state index in [2.05, 4.69) is 53.9 Å². The molecule has 0 bridgehead atoms. The number of aliphatic hydroxyl groups excluding tert-OH is 2. The lowest BCUT2D eigenvalue weighted by Crippen LogP contribution is -2.29. The van der Waals surface area contributed by atoms with Crippen molar-refractivity contribution in [3.8, 4) is 22.4 Å². The topological polar surface area (TPSA) is 87.5 Å². The number of ether oxygens (including phenoxy) is 3. The fourth-order valence-electron chi connectivity index (χ4n) is 7.47. The van der Waals surface area contributed by atoms with Gasteiger partial charge < -0.3 is 34.2 Å². The monoisotopic (exact) mass is 817 g/mol. The summed E-state index contributed by atoms with van der Waals surface area (Å²) in [7, 11) is 0. The van der Waals surface area contributed by atoms with Gasteiger partial charge in [0.25, 0.3) is 0 Å². The molecule has 0 aliphatic carbocycles. The van der Waals surface area contributed by atoms with E-state index in [9.17, 15) is 13.2 Å². The van der Waals surface area contributed by atoms with Gasteiger partial charge in [-0.2, -0.15) is 13.2 Å². The molecular weight excluding hydrogens is 756 g/mol. The number of hydrogen-bond acceptors (Lipinski definition) is 8. The predicted octanol–water partition coefficient (Wildman–Crippen LogP) is 9.36. The maximum atomic E-state index is 13.4. The van der Waals surface area contributed by atoms with E-state index in [1.54, 1.807) is 12.3 Å². The minimum absolute atomic E-state index is 0.0215. The highest BCUT2D eigenvalue weighted by Gasteiger charge is 2.30. The predicted molar refractivity (Wildman–Crippen MR) is 230 cm³/mol. The minimum Gasteiger partial charge on any atom is -0.395 e. The zero-order chi connectivity index (χ0) is 41.7. The Morgan fingerprint density at radius 1 is 0.695 bits per heavy atom. The summed E-state index contributed by atoms with van der Waals surface area (Å²) in [5.74, 6) is 0. The summed E-state index contributed by atoms with van der Waals surface area (Å²) in [6, 6.07) is 24.7. The third-order valence-corrected chi connectivity index (χ3v) is 10.7. The summed E-state index contributed by atoms with van der Waals surface area (Å²) in [4.78, 5) is 9.10. The van der Waals surface area contributed by atoms with Crippen molar-refractivity contribution in [1.82, 2.24) is 9.88 Å². The molecule has 59 heavy (non-hydrogen) atoms. The number of aromatic nitrogens is 1. The summed E-state index contributed by atoms with van der Waals surface area (Å²) in [6.07, 6.45) is 6.79. The van der Waals surface area contributed by atoms with Crippen molar-refractivity contribution in [1.29, 1.82) is 0 Å². The number of aliphatic hydroxyl groups is 2. The van der Waals surface area contributed by atoms with Gasteiger partial charge in [-0.25, -0.2) is 0 Å². The van der Waals surface area contributed by atoms with E-state index in [0.29, 0.717) is 64.5 Å². The Labute approximate surface area is 348 Å². The summed E-state index contributed by atoms with van der Waals surface area (Å²) < 4.78 is 57.6. The molecule has 0 saturated carbocycles. The molecule has 0 radical (unpaired) electrons. The van der Waals surface area contributed by atoms with Crippen LogP contribution in [0.2, 0.25) is 0 Å². The van der Waals surface area contributed by atoms with Gasteiger partial charge in [-0.1, -0.05) is 55.1 Å². The third-order valence-electron chi connectivity index (χ3n) is 10.7. The van der Waals surface area contributed by atoms with Crippen LogP contribution in [0.4, 0.5) is 18.9 Å². The average molecular weight is 818 g/mol. The van der Waals surface area contributed by atoms with E-state index in [1.165, 1.54) is 37.0 Å². The van der Waals surface area contributed by atoms with E-state index >= 15 is 0 Å². The number of piperidine rings is 1. The molecular formula is C48H62F3N3O5. The minimum atomic E-state index is -4.38. The quantitative estimate of drug-likeness (QED) is 0.0607. The number of rotatable bonds is 26. The van der Waals surface area contributed by atoms with Crippen molar-refractivity contribution in [2.45, 2.75) is 70.4 Å². The van der Waals surface area contributed by atoms with Gasteiger partial charge in [0.15, 0.2) is 0 Å². The summed E-state index contributed by atoms with van der Waals surface area (Å²) >= 11 is 0. The van der Waals surface area contributed by atoms with Crippen molar-refractivity contribution >= 4 is 5.69 Å². The average Bonchev–Trinajstić information content (AvgIpc) is 3.25. The molecule has 5 rings (SSSR count). The Morgan fingerprint density at radius 2 is 1.37 bits per heavy atom. The van der Waals surface area contributed by atoms with Crippen LogP contribution < -0.4 is 4.90 Å². The molecule has 1 aromatic heterocycles. The second-order valence-corrected chi connectivity index (χ2v) is 15.2. The first-order chi connectivity index (χ1) is 28.7. The lowest BCUT2D eigenvalue weighted by Gasteiger charge is -2.29. The van der Waals surface area contributed by atoms with Crippen LogP contribution in [0.25, 0.3) is 22.4 Å². The second kappa shape index (κ2) is 24.7. The highest BCUT2D eigenvalue weighted by atomic mass is 19.4. The zero-order valence-corrected chi connectivity index (χ0v) is 34.4. The molecule has 0 atom stereocenters. The summed E-state index contributed by atoms with van der Waals surface area (Å²) in [5, 5.41) is 18.3. The molecule has 320 valence electrons. The molecule has 11 heteroatoms. The molecule has 4 aromatic rings. The largest absolute Gasteiger partial charge is 0.416 e. The van der Waals surface area contributed by atoms with E-state index < -0.39 is 11.7 Å². The molecule has 2 heterocycles. The molecule has 0 unspecified atom stereocenters. The Balaban J connectivity index is 1.07. The molecule has 8 nitrogen and oxygen atoms in total. The first-order valence-electron chi connectivity index (χ1n) is 21.2.